The normalized spacial score (nSPS) is 11.9. The number of carbonyl (C=O) groups excluding carboxylic acids is 1. The molecule has 0 aliphatic rings. The summed E-state index contributed by atoms with van der Waals surface area (Å²) < 4.78 is 5.75. The lowest BCUT2D eigenvalue weighted by atomic mass is 9.81. The number of fused-ring (bicyclic) bond motifs is 1. The van der Waals surface area contributed by atoms with Gasteiger partial charge in [-0.2, -0.15) is 0 Å². The SMILES string of the molecule is CCC(C)(CC)Cc1nc2cc(CC(=O)[O-])ccc2o1. The molecule has 0 aliphatic heterocycles. The third-order valence-electron chi connectivity index (χ3n) is 4.13. The van der Waals surface area contributed by atoms with Gasteiger partial charge < -0.3 is 14.3 Å². The van der Waals surface area contributed by atoms with Gasteiger partial charge in [-0.25, -0.2) is 4.98 Å². The van der Waals surface area contributed by atoms with Gasteiger partial charge in [0.25, 0.3) is 0 Å². The molecule has 0 saturated carbocycles. The van der Waals surface area contributed by atoms with Crippen LogP contribution in [0.4, 0.5) is 0 Å². The number of rotatable bonds is 6. The summed E-state index contributed by atoms with van der Waals surface area (Å²) in [6.07, 6.45) is 2.83. The van der Waals surface area contributed by atoms with Crippen molar-refractivity contribution < 1.29 is 14.3 Å². The largest absolute Gasteiger partial charge is 0.550 e. The highest BCUT2D eigenvalue weighted by Crippen LogP contribution is 2.31. The zero-order valence-electron chi connectivity index (χ0n) is 12.2. The number of carboxylic acid groups (broad SMARTS) is 1. The van der Waals surface area contributed by atoms with Gasteiger partial charge in [0, 0.05) is 18.8 Å². The summed E-state index contributed by atoms with van der Waals surface area (Å²) >= 11 is 0. The highest BCUT2D eigenvalue weighted by atomic mass is 16.4. The molecule has 1 heterocycles. The Morgan fingerprint density at radius 3 is 2.65 bits per heavy atom. The Morgan fingerprint density at radius 2 is 2.05 bits per heavy atom. The van der Waals surface area contributed by atoms with Crippen molar-refractivity contribution in [3.63, 3.8) is 0 Å². The van der Waals surface area contributed by atoms with E-state index in [0.29, 0.717) is 16.7 Å². The second-order valence-corrected chi connectivity index (χ2v) is 5.65. The van der Waals surface area contributed by atoms with E-state index in [4.69, 9.17) is 4.42 Å². The van der Waals surface area contributed by atoms with Crippen molar-refractivity contribution in [1.82, 2.24) is 4.98 Å². The smallest absolute Gasteiger partial charge is 0.196 e. The quantitative estimate of drug-likeness (QED) is 0.811. The zero-order chi connectivity index (χ0) is 14.8. The third kappa shape index (κ3) is 3.18. The maximum absolute atomic E-state index is 10.6. The van der Waals surface area contributed by atoms with Gasteiger partial charge in [0.15, 0.2) is 11.5 Å². The van der Waals surface area contributed by atoms with Gasteiger partial charge in [-0.05, 0) is 23.1 Å². The first kappa shape index (κ1) is 14.6. The van der Waals surface area contributed by atoms with Crippen LogP contribution in [-0.4, -0.2) is 11.0 Å². The van der Waals surface area contributed by atoms with Crippen molar-refractivity contribution in [2.75, 3.05) is 0 Å². The number of aromatic nitrogens is 1. The maximum atomic E-state index is 10.6. The molecule has 0 bridgehead atoms. The van der Waals surface area contributed by atoms with Crippen molar-refractivity contribution in [3.8, 4) is 0 Å². The summed E-state index contributed by atoms with van der Waals surface area (Å²) in [4.78, 5) is 15.1. The van der Waals surface area contributed by atoms with Gasteiger partial charge in [0.2, 0.25) is 0 Å². The van der Waals surface area contributed by atoms with Crippen LogP contribution in [0.5, 0.6) is 0 Å². The minimum absolute atomic E-state index is 0.0975. The van der Waals surface area contributed by atoms with Crippen LogP contribution < -0.4 is 5.11 Å². The Labute approximate surface area is 118 Å². The number of nitrogens with zero attached hydrogens (tertiary/aromatic N) is 1. The molecule has 2 rings (SSSR count). The van der Waals surface area contributed by atoms with Gasteiger partial charge in [0.1, 0.15) is 5.52 Å². The van der Waals surface area contributed by atoms with E-state index < -0.39 is 5.97 Å². The molecule has 0 atom stereocenters. The number of aliphatic carboxylic acids is 1. The highest BCUT2D eigenvalue weighted by molar-refractivity contribution is 5.76. The third-order valence-corrected chi connectivity index (χ3v) is 4.13. The number of hydrogen-bond donors (Lipinski definition) is 0. The molecule has 0 unspecified atom stereocenters. The molecule has 0 fully saturated rings. The van der Waals surface area contributed by atoms with Gasteiger partial charge in [-0.3, -0.25) is 0 Å². The van der Waals surface area contributed by atoms with E-state index in [1.165, 1.54) is 0 Å². The summed E-state index contributed by atoms with van der Waals surface area (Å²) in [6, 6.07) is 5.28. The summed E-state index contributed by atoms with van der Waals surface area (Å²) in [7, 11) is 0. The lowest BCUT2D eigenvalue weighted by Crippen LogP contribution is -2.24. The molecule has 0 N–H and O–H groups in total. The van der Waals surface area contributed by atoms with Crippen molar-refractivity contribution >= 4 is 17.1 Å². The Bertz CT molecular complexity index is 611. The monoisotopic (exact) mass is 274 g/mol. The van der Waals surface area contributed by atoms with E-state index in [1.807, 2.05) is 0 Å². The Kier molecular flexibility index (Phi) is 4.12. The van der Waals surface area contributed by atoms with Crippen molar-refractivity contribution in [3.05, 3.63) is 29.7 Å². The first-order valence-corrected chi connectivity index (χ1v) is 7.04. The lowest BCUT2D eigenvalue weighted by Gasteiger charge is -2.24. The molecule has 1 aromatic heterocycles. The van der Waals surface area contributed by atoms with Crippen LogP contribution in [0.3, 0.4) is 0 Å². The molecule has 2 aromatic rings. The molecule has 0 amide bonds. The fourth-order valence-corrected chi connectivity index (χ4v) is 2.24. The summed E-state index contributed by atoms with van der Waals surface area (Å²) in [6.45, 7) is 6.57. The molecule has 4 heteroatoms. The van der Waals surface area contributed by atoms with E-state index in [0.717, 1.165) is 25.2 Å². The molecule has 0 aliphatic carbocycles. The van der Waals surface area contributed by atoms with Gasteiger partial charge in [-0.1, -0.05) is 39.7 Å². The van der Waals surface area contributed by atoms with Crippen molar-refractivity contribution in [2.45, 2.75) is 46.5 Å². The van der Waals surface area contributed by atoms with E-state index in [-0.39, 0.29) is 11.8 Å². The van der Waals surface area contributed by atoms with Gasteiger partial charge >= 0.3 is 0 Å². The molecular weight excluding hydrogens is 254 g/mol. The van der Waals surface area contributed by atoms with Crippen LogP contribution in [0.25, 0.3) is 11.1 Å². The van der Waals surface area contributed by atoms with E-state index >= 15 is 0 Å². The second kappa shape index (κ2) is 5.65. The number of carbonyl (C=O) groups is 1. The molecular formula is C16H20NO3-. The van der Waals surface area contributed by atoms with Crippen LogP contribution in [0.2, 0.25) is 0 Å². The molecule has 1 aromatic carbocycles. The summed E-state index contributed by atoms with van der Waals surface area (Å²) in [5, 5.41) is 10.6. The highest BCUT2D eigenvalue weighted by Gasteiger charge is 2.23. The van der Waals surface area contributed by atoms with Gasteiger partial charge in [-0.15, -0.1) is 0 Å². The molecule has 108 valence electrons. The Morgan fingerprint density at radius 1 is 1.35 bits per heavy atom. The fraction of sp³-hybridized carbons (Fsp3) is 0.500. The first-order chi connectivity index (χ1) is 9.45. The first-order valence-electron chi connectivity index (χ1n) is 7.04. The molecule has 4 nitrogen and oxygen atoms in total. The van der Waals surface area contributed by atoms with Crippen LogP contribution in [0.1, 0.15) is 45.1 Å². The van der Waals surface area contributed by atoms with Crippen molar-refractivity contribution in [1.29, 1.82) is 0 Å². The van der Waals surface area contributed by atoms with Crippen LogP contribution >= 0.6 is 0 Å². The van der Waals surface area contributed by atoms with E-state index in [2.05, 4.69) is 25.8 Å². The lowest BCUT2D eigenvalue weighted by molar-refractivity contribution is -0.304. The number of benzene rings is 1. The summed E-state index contributed by atoms with van der Waals surface area (Å²) in [5.74, 6) is -0.366. The summed E-state index contributed by atoms with van der Waals surface area (Å²) in [5.41, 5.74) is 2.30. The zero-order valence-corrected chi connectivity index (χ0v) is 12.2. The minimum atomic E-state index is -1.09. The topological polar surface area (TPSA) is 66.2 Å². The fourth-order valence-electron chi connectivity index (χ4n) is 2.24. The second-order valence-electron chi connectivity index (χ2n) is 5.65. The molecule has 20 heavy (non-hydrogen) atoms. The van der Waals surface area contributed by atoms with E-state index in [1.54, 1.807) is 18.2 Å². The van der Waals surface area contributed by atoms with Crippen molar-refractivity contribution in [2.24, 2.45) is 5.41 Å². The predicted octanol–water partition coefficient (Wildman–Crippen LogP) is 2.49. The molecule has 0 spiro atoms. The van der Waals surface area contributed by atoms with Crippen LogP contribution in [-0.2, 0) is 17.6 Å². The number of oxazole rings is 1. The number of carboxylic acids is 1. The molecule has 0 radical (unpaired) electrons. The Hall–Kier alpha value is -1.84. The minimum Gasteiger partial charge on any atom is -0.550 e. The average molecular weight is 274 g/mol. The maximum Gasteiger partial charge on any atom is 0.196 e. The predicted molar refractivity (Wildman–Crippen MR) is 75.1 cm³/mol. The van der Waals surface area contributed by atoms with Crippen LogP contribution in [0, 0.1) is 5.41 Å². The van der Waals surface area contributed by atoms with Crippen LogP contribution in [0.15, 0.2) is 22.6 Å². The Balaban J connectivity index is 2.27. The standard InChI is InChI=1S/C16H21NO3/c1-4-16(3,5-2)10-14-17-12-8-11(9-15(18)19)6-7-13(12)20-14/h6-8H,4-5,9-10H2,1-3H3,(H,18,19)/p-1. The molecule has 0 saturated heterocycles. The number of hydrogen-bond acceptors (Lipinski definition) is 4. The van der Waals surface area contributed by atoms with Gasteiger partial charge in [0.05, 0.1) is 0 Å². The van der Waals surface area contributed by atoms with E-state index in [9.17, 15) is 9.90 Å². The average Bonchev–Trinajstić information content (AvgIpc) is 2.79.